The van der Waals surface area contributed by atoms with E-state index in [0.717, 1.165) is 5.56 Å². The van der Waals surface area contributed by atoms with Gasteiger partial charge in [-0.25, -0.2) is 9.59 Å². The van der Waals surface area contributed by atoms with Crippen molar-refractivity contribution >= 4 is 34.9 Å². The van der Waals surface area contributed by atoms with Gasteiger partial charge in [0, 0.05) is 51.5 Å². The van der Waals surface area contributed by atoms with Crippen LogP contribution in [0.2, 0.25) is 0 Å². The molecule has 4 heterocycles. The molecule has 1 aliphatic carbocycles. The second kappa shape index (κ2) is 15.8. The number of hydrogen-bond donors (Lipinski definition) is 5. The van der Waals surface area contributed by atoms with Gasteiger partial charge < -0.3 is 44.9 Å². The third-order valence-corrected chi connectivity index (χ3v) is 8.12. The molecule has 1 unspecified atom stereocenters. The van der Waals surface area contributed by atoms with E-state index in [2.05, 4.69) is 30.0 Å². The fourth-order valence-electron chi connectivity index (χ4n) is 5.73. The number of nitrogens with two attached hydrogens (primary N) is 1. The maximum Gasteiger partial charge on any atom is 0.421 e. The lowest BCUT2D eigenvalue weighted by atomic mass is 9.92. The molecular weight excluding hydrogens is 616 g/mol. The van der Waals surface area contributed by atoms with E-state index in [0.29, 0.717) is 95.4 Å². The van der Waals surface area contributed by atoms with Crippen molar-refractivity contribution in [2.75, 3.05) is 65.0 Å². The Morgan fingerprint density at radius 2 is 1.81 bits per heavy atom. The molecule has 0 spiro atoms. The van der Waals surface area contributed by atoms with Crippen LogP contribution in [0.1, 0.15) is 29.7 Å². The predicted molar refractivity (Wildman–Crippen MR) is 169 cm³/mol. The summed E-state index contributed by atoms with van der Waals surface area (Å²) in [6.07, 6.45) is 6.31. The minimum atomic E-state index is -0.776. The standard InChI is InChI=1S/C30H40N8O9/c1-37-22-15-18(4-5-20(22)28(42)47-30(37)43)27(41)38-8-2-3-21(38)25(39)33-7-10-45-12-14-46-13-11-44-9-6-32-16-19-17-34-24-23(19)26(40)36-29(31)35-24/h4-5,17-18,21,32H,2-3,6-16H2,1H3,(H,33,39)(H4,31,34,35,36,40)/t18?,21-/m0/s1. The number of carbonyl (C=O) groups excluding carboxylic acids is 2. The Balaban J connectivity index is 0.897. The zero-order valence-corrected chi connectivity index (χ0v) is 26.2. The van der Waals surface area contributed by atoms with Gasteiger partial charge in [-0.1, -0.05) is 6.08 Å². The van der Waals surface area contributed by atoms with Crippen LogP contribution in [0.3, 0.4) is 0 Å². The summed E-state index contributed by atoms with van der Waals surface area (Å²) in [5.74, 6) is -1.76. The molecule has 17 heteroatoms. The number of fused-ring (bicyclic) bond motifs is 2. The number of likely N-dealkylation sites (tertiary alicyclic amines) is 1. The fraction of sp³-hybridized carbons (Fsp3) is 0.533. The summed E-state index contributed by atoms with van der Waals surface area (Å²) in [5, 5.41) is 6.54. The fourth-order valence-corrected chi connectivity index (χ4v) is 5.73. The molecular formula is C30H40N8O9. The number of aromatic amines is 2. The van der Waals surface area contributed by atoms with Gasteiger partial charge in [-0.3, -0.25) is 23.9 Å². The van der Waals surface area contributed by atoms with Crippen molar-refractivity contribution in [2.24, 2.45) is 13.0 Å². The van der Waals surface area contributed by atoms with Crippen LogP contribution in [-0.4, -0.2) is 102 Å². The summed E-state index contributed by atoms with van der Waals surface area (Å²) >= 11 is 0. The van der Waals surface area contributed by atoms with Gasteiger partial charge in [-0.2, -0.15) is 4.98 Å². The number of amides is 2. The number of H-pyrrole nitrogens is 2. The minimum Gasteiger partial charge on any atom is -0.378 e. The smallest absolute Gasteiger partial charge is 0.378 e. The summed E-state index contributed by atoms with van der Waals surface area (Å²) in [5.41, 5.74) is 6.50. The lowest BCUT2D eigenvalue weighted by molar-refractivity contribution is -0.140. The third kappa shape index (κ3) is 8.23. The summed E-state index contributed by atoms with van der Waals surface area (Å²) in [6.45, 7) is 4.13. The van der Waals surface area contributed by atoms with Crippen LogP contribution in [-0.2, 0) is 43.8 Å². The van der Waals surface area contributed by atoms with E-state index < -0.39 is 23.3 Å². The number of rotatable bonds is 16. The maximum atomic E-state index is 13.3. The molecule has 1 fully saturated rings. The van der Waals surface area contributed by atoms with E-state index >= 15 is 0 Å². The Hall–Kier alpha value is -4.58. The van der Waals surface area contributed by atoms with Gasteiger partial charge in [0.25, 0.3) is 5.56 Å². The third-order valence-electron chi connectivity index (χ3n) is 8.12. The molecule has 6 N–H and O–H groups in total. The van der Waals surface area contributed by atoms with Crippen LogP contribution in [0.15, 0.2) is 31.1 Å². The van der Waals surface area contributed by atoms with Crippen LogP contribution in [0, 0.1) is 5.92 Å². The van der Waals surface area contributed by atoms with Gasteiger partial charge in [-0.05, 0) is 24.5 Å². The first-order valence-electron chi connectivity index (χ1n) is 15.5. The Morgan fingerprint density at radius 3 is 2.57 bits per heavy atom. The average Bonchev–Trinajstić information content (AvgIpc) is 3.71. The van der Waals surface area contributed by atoms with Gasteiger partial charge in [-0.15, -0.1) is 0 Å². The van der Waals surface area contributed by atoms with Crippen molar-refractivity contribution in [3.8, 4) is 0 Å². The first kappa shape index (κ1) is 33.8. The summed E-state index contributed by atoms with van der Waals surface area (Å²) in [6, 6.07) is -0.587. The first-order chi connectivity index (χ1) is 22.7. The number of nitrogen functional groups attached to an aromatic ring is 1. The Labute approximate surface area is 268 Å². The molecule has 0 saturated carbocycles. The Morgan fingerprint density at radius 1 is 1.09 bits per heavy atom. The van der Waals surface area contributed by atoms with Crippen LogP contribution in [0.5, 0.6) is 0 Å². The zero-order valence-electron chi connectivity index (χ0n) is 26.2. The zero-order chi connectivity index (χ0) is 33.3. The highest BCUT2D eigenvalue weighted by Gasteiger charge is 2.37. The SMILES string of the molecule is Cn1c2c(c(=O)oc1=O)C=CC(C(=O)N1CCC[C@H]1C(=O)NCCOCCOCCOCCNCc1c[nH]c3nc(N)[nH]c(=O)c13)C2. The summed E-state index contributed by atoms with van der Waals surface area (Å²) in [7, 11) is 1.50. The van der Waals surface area contributed by atoms with Crippen LogP contribution in [0.4, 0.5) is 5.95 Å². The van der Waals surface area contributed by atoms with Crippen LogP contribution < -0.4 is 33.3 Å². The van der Waals surface area contributed by atoms with E-state index in [1.54, 1.807) is 17.2 Å². The van der Waals surface area contributed by atoms with Crippen molar-refractivity contribution in [1.82, 2.24) is 35.1 Å². The monoisotopic (exact) mass is 656 g/mol. The number of carbonyl (C=O) groups is 2. The van der Waals surface area contributed by atoms with E-state index in [4.69, 9.17) is 19.9 Å². The summed E-state index contributed by atoms with van der Waals surface area (Å²) < 4.78 is 22.5. The maximum absolute atomic E-state index is 13.3. The molecule has 17 nitrogen and oxygen atoms in total. The molecule has 2 aliphatic rings. The molecule has 2 atom stereocenters. The van der Waals surface area contributed by atoms with E-state index in [9.17, 15) is 24.0 Å². The molecule has 5 rings (SSSR count). The lowest BCUT2D eigenvalue weighted by Gasteiger charge is -2.28. The average molecular weight is 657 g/mol. The van der Waals surface area contributed by atoms with Crippen molar-refractivity contribution in [3.63, 3.8) is 0 Å². The molecule has 3 aromatic rings. The van der Waals surface area contributed by atoms with E-state index in [1.165, 1.54) is 17.7 Å². The second-order valence-electron chi connectivity index (χ2n) is 11.2. The van der Waals surface area contributed by atoms with Gasteiger partial charge in [0.15, 0.2) is 0 Å². The molecule has 1 saturated heterocycles. The number of aromatic nitrogens is 4. The summed E-state index contributed by atoms with van der Waals surface area (Å²) in [4.78, 5) is 73.3. The van der Waals surface area contributed by atoms with Crippen molar-refractivity contribution in [2.45, 2.75) is 31.8 Å². The van der Waals surface area contributed by atoms with Gasteiger partial charge >= 0.3 is 11.4 Å². The second-order valence-corrected chi connectivity index (χ2v) is 11.2. The molecule has 2 amide bonds. The number of nitrogens with one attached hydrogen (secondary N) is 4. The van der Waals surface area contributed by atoms with Crippen molar-refractivity contribution in [1.29, 1.82) is 0 Å². The molecule has 254 valence electrons. The molecule has 0 radical (unpaired) electrons. The Kier molecular flexibility index (Phi) is 11.4. The lowest BCUT2D eigenvalue weighted by Crippen LogP contribution is -2.49. The van der Waals surface area contributed by atoms with Crippen molar-refractivity contribution < 1.29 is 28.2 Å². The quantitative estimate of drug-likeness (QED) is 0.112. The first-order valence-corrected chi connectivity index (χ1v) is 15.5. The highest BCUT2D eigenvalue weighted by atomic mass is 16.5. The predicted octanol–water partition coefficient (Wildman–Crippen LogP) is -1.38. The minimum absolute atomic E-state index is 0.0655. The normalized spacial score (nSPS) is 17.3. The van der Waals surface area contributed by atoms with Crippen LogP contribution >= 0.6 is 0 Å². The number of anilines is 1. The van der Waals surface area contributed by atoms with E-state index in [-0.39, 0.29) is 35.3 Å². The molecule has 0 aromatic carbocycles. The number of nitrogens with zero attached hydrogens (tertiary/aromatic N) is 3. The van der Waals surface area contributed by atoms with Gasteiger partial charge in [0.2, 0.25) is 17.8 Å². The topological polar surface area (TPSA) is 229 Å². The largest absolute Gasteiger partial charge is 0.421 e. The van der Waals surface area contributed by atoms with Gasteiger partial charge in [0.1, 0.15) is 11.7 Å². The van der Waals surface area contributed by atoms with Crippen LogP contribution in [0.25, 0.3) is 17.1 Å². The molecule has 3 aromatic heterocycles. The molecule has 0 bridgehead atoms. The number of ether oxygens (including phenoxy) is 3. The molecule has 1 aliphatic heterocycles. The van der Waals surface area contributed by atoms with Gasteiger partial charge in [0.05, 0.1) is 56.5 Å². The number of hydrogen-bond acceptors (Lipinski definition) is 12. The Bertz CT molecular complexity index is 1780. The van der Waals surface area contributed by atoms with Crippen molar-refractivity contribution in [3.05, 3.63) is 60.4 Å². The highest BCUT2D eigenvalue weighted by Crippen LogP contribution is 2.26. The molecule has 47 heavy (non-hydrogen) atoms. The highest BCUT2D eigenvalue weighted by molar-refractivity contribution is 5.90. The van der Waals surface area contributed by atoms with E-state index in [1.807, 2.05) is 0 Å².